The minimum Gasteiger partial charge on any atom is -0.542 e. The third kappa shape index (κ3) is 8.49. The van der Waals surface area contributed by atoms with Crippen LogP contribution in [0.2, 0.25) is 0 Å². The van der Waals surface area contributed by atoms with E-state index in [2.05, 4.69) is 27.0 Å². The van der Waals surface area contributed by atoms with E-state index >= 15 is 0 Å². The Labute approximate surface area is 298 Å². The summed E-state index contributed by atoms with van der Waals surface area (Å²) in [5.74, 6) is -6.97. The molecule has 6 rings (SSSR count). The molecule has 0 spiro atoms. The Kier molecular flexibility index (Phi) is 12.3. The molecule has 4 aliphatic rings. The predicted octanol–water partition coefficient (Wildman–Crippen LogP) is -1.05. The van der Waals surface area contributed by atoms with Gasteiger partial charge >= 0.3 is 6.18 Å². The van der Waals surface area contributed by atoms with Gasteiger partial charge in [-0.2, -0.15) is 13.2 Å². The molecule has 7 N–H and O–H groups in total. The van der Waals surface area contributed by atoms with Crippen molar-refractivity contribution in [3.8, 4) is 0 Å². The van der Waals surface area contributed by atoms with Gasteiger partial charge in [0.2, 0.25) is 23.6 Å². The van der Waals surface area contributed by atoms with Crippen molar-refractivity contribution < 1.29 is 67.2 Å². The van der Waals surface area contributed by atoms with Gasteiger partial charge in [-0.1, -0.05) is 19.1 Å². The number of rotatable bonds is 8. The van der Waals surface area contributed by atoms with Crippen LogP contribution in [0.15, 0.2) is 36.4 Å². The number of aliphatic carboxylic acids is 1. The molecule has 2 saturated heterocycles. The Morgan fingerprint density at radius 1 is 0.755 bits per heavy atom. The summed E-state index contributed by atoms with van der Waals surface area (Å²) in [5.41, 5.74) is 6.01. The lowest BCUT2D eigenvalue weighted by Gasteiger charge is -2.27. The second kappa shape index (κ2) is 16.4. The topological polar surface area (TPSA) is 259 Å². The highest BCUT2D eigenvalue weighted by Crippen LogP contribution is 2.33. The second-order valence-electron chi connectivity index (χ2n) is 11.8. The molecule has 2 aromatic carbocycles. The van der Waals surface area contributed by atoms with E-state index in [1.807, 2.05) is 6.92 Å². The molecule has 0 bridgehead atoms. The fourth-order valence-electron chi connectivity index (χ4n) is 5.81. The number of carbonyl (C=O) groups is 9. The van der Waals surface area contributed by atoms with E-state index in [0.717, 1.165) is 16.2 Å². The second-order valence-corrected chi connectivity index (χ2v) is 11.8. The zero-order valence-electron chi connectivity index (χ0n) is 28.1. The summed E-state index contributed by atoms with van der Waals surface area (Å²) in [7, 11) is 0. The molecule has 8 amide bonds. The highest BCUT2D eigenvalue weighted by atomic mass is 19.4. The number of carboxylic acid groups (broad SMARTS) is 1. The smallest absolute Gasteiger partial charge is 0.430 e. The van der Waals surface area contributed by atoms with Crippen molar-refractivity contribution in [3.63, 3.8) is 0 Å². The summed E-state index contributed by atoms with van der Waals surface area (Å²) >= 11 is 0. The number of nitrogens with zero attached hydrogens (tertiary/aromatic N) is 2. The molecule has 2 atom stereocenters. The Hall–Kier alpha value is -6.18. The largest absolute Gasteiger partial charge is 0.542 e. The molecule has 2 aromatic rings. The van der Waals surface area contributed by atoms with E-state index in [1.54, 1.807) is 36.4 Å². The molecule has 4 aliphatic heterocycles. The number of carbonyl (C=O) groups excluding carboxylic acids is 9. The minimum absolute atomic E-state index is 0.108. The van der Waals surface area contributed by atoms with Crippen molar-refractivity contribution >= 4 is 64.6 Å². The van der Waals surface area contributed by atoms with Gasteiger partial charge in [-0.15, -0.1) is 0 Å². The highest BCUT2D eigenvalue weighted by molar-refractivity contribution is 6.26. The van der Waals surface area contributed by atoms with Gasteiger partial charge in [0, 0.05) is 30.8 Å². The fourth-order valence-corrected chi connectivity index (χ4v) is 5.81. The van der Waals surface area contributed by atoms with E-state index < -0.39 is 59.7 Å². The number of amides is 8. The third-order valence-electron chi connectivity index (χ3n) is 8.23. The summed E-state index contributed by atoms with van der Waals surface area (Å²) in [6.45, 7) is 3.87. The number of imide groups is 4. The SMILES string of the molecule is CCCNc1cccc2c1C(=O)N(C1CCC(=O)NC1=O)C2=O.O=C([O-])C(F)(F)F.[NH3+]CCNc1cccc2c1C(=O)N(C1CCC(=O)NC1=O)C2=O. The van der Waals surface area contributed by atoms with Crippen LogP contribution in [0.5, 0.6) is 0 Å². The van der Waals surface area contributed by atoms with Crippen LogP contribution in [0.1, 0.15) is 80.5 Å². The average Bonchev–Trinajstić information content (AvgIpc) is 3.51. The summed E-state index contributed by atoms with van der Waals surface area (Å²) in [6, 6.07) is 8.12. The number of hydrogen-bond donors (Lipinski definition) is 5. The lowest BCUT2D eigenvalue weighted by Crippen LogP contribution is -2.54. The van der Waals surface area contributed by atoms with Crippen molar-refractivity contribution in [1.82, 2.24) is 20.4 Å². The Bertz CT molecular complexity index is 1760. The lowest BCUT2D eigenvalue weighted by atomic mass is 10.0. The summed E-state index contributed by atoms with van der Waals surface area (Å²) < 4.78 is 31.5. The zero-order valence-corrected chi connectivity index (χ0v) is 28.1. The first kappa shape index (κ1) is 39.6. The summed E-state index contributed by atoms with van der Waals surface area (Å²) in [6.07, 6.45) is -3.78. The van der Waals surface area contributed by atoms with Gasteiger partial charge in [-0.25, -0.2) is 0 Å². The fraction of sp³-hybridized carbons (Fsp3) is 0.364. The monoisotopic (exact) mass is 745 g/mol. The molecule has 4 heterocycles. The number of quaternary nitrogens is 1. The molecular formula is C33H34F3N7O10. The van der Waals surface area contributed by atoms with Gasteiger partial charge in [-0.05, 0) is 43.5 Å². The minimum atomic E-state index is -5.19. The van der Waals surface area contributed by atoms with Gasteiger partial charge in [0.1, 0.15) is 18.1 Å². The quantitative estimate of drug-likeness (QED) is 0.203. The predicted molar refractivity (Wildman–Crippen MR) is 172 cm³/mol. The molecule has 2 unspecified atom stereocenters. The maximum atomic E-state index is 12.7. The Morgan fingerprint density at radius 2 is 1.15 bits per heavy atom. The molecule has 53 heavy (non-hydrogen) atoms. The van der Waals surface area contributed by atoms with Gasteiger partial charge in [0.05, 0.1) is 35.3 Å². The van der Waals surface area contributed by atoms with Crippen molar-refractivity contribution in [2.45, 2.75) is 57.3 Å². The van der Waals surface area contributed by atoms with Crippen LogP contribution in [0.4, 0.5) is 24.5 Å². The standard InChI is InChI=1S/C16H17N3O4.C15H16N4O4.C2HF3O2/c1-2-8-17-10-5-3-4-9-13(10)16(23)19(15(9)22)11-6-7-12(20)18-14(11)21;16-6-7-17-9-3-1-2-8-12(9)15(23)19(14(8)22)10-4-5-11(20)18-13(10)21;3-2(4,5)1(6)7/h3-5,11,17H,2,6-8H2,1H3,(H,18,20,21);1-3,10,17H,4-7,16H2,(H,18,20,21);(H,6,7). The molecular weight excluding hydrogens is 711 g/mol. The van der Waals surface area contributed by atoms with Crippen LogP contribution in [0.3, 0.4) is 0 Å². The lowest BCUT2D eigenvalue weighted by molar-refractivity contribution is -0.362. The van der Waals surface area contributed by atoms with Gasteiger partial charge in [0.25, 0.3) is 23.6 Å². The first-order chi connectivity index (χ1) is 25.0. The van der Waals surface area contributed by atoms with E-state index in [1.165, 1.54) is 0 Å². The van der Waals surface area contributed by atoms with Gasteiger partial charge in [0.15, 0.2) is 0 Å². The molecule has 0 saturated carbocycles. The van der Waals surface area contributed by atoms with Crippen LogP contribution in [-0.2, 0) is 24.0 Å². The number of benzene rings is 2. The van der Waals surface area contributed by atoms with Crippen LogP contribution >= 0.6 is 0 Å². The molecule has 0 aliphatic carbocycles. The number of alkyl halides is 3. The van der Waals surface area contributed by atoms with E-state index in [-0.39, 0.29) is 48.6 Å². The van der Waals surface area contributed by atoms with Crippen molar-refractivity contribution in [2.75, 3.05) is 30.3 Å². The maximum absolute atomic E-state index is 12.7. The van der Waals surface area contributed by atoms with Crippen molar-refractivity contribution in [2.24, 2.45) is 0 Å². The van der Waals surface area contributed by atoms with Crippen molar-refractivity contribution in [3.05, 3.63) is 58.7 Å². The zero-order chi connectivity index (χ0) is 39.2. The van der Waals surface area contributed by atoms with Crippen molar-refractivity contribution in [1.29, 1.82) is 0 Å². The normalized spacial score (nSPS) is 19.3. The van der Waals surface area contributed by atoms with Gasteiger partial charge < -0.3 is 26.3 Å². The third-order valence-corrected chi connectivity index (χ3v) is 8.23. The molecule has 17 nitrogen and oxygen atoms in total. The highest BCUT2D eigenvalue weighted by Gasteiger charge is 2.47. The van der Waals surface area contributed by atoms with Crippen LogP contribution in [0, 0.1) is 0 Å². The number of piperidine rings is 2. The molecule has 20 heteroatoms. The molecule has 2 fully saturated rings. The Morgan fingerprint density at radius 3 is 1.49 bits per heavy atom. The van der Waals surface area contributed by atoms with Crippen LogP contribution < -0.4 is 32.1 Å². The number of anilines is 2. The number of fused-ring (bicyclic) bond motifs is 2. The summed E-state index contributed by atoms with van der Waals surface area (Å²) in [4.78, 5) is 108. The van der Waals surface area contributed by atoms with Crippen LogP contribution in [-0.4, -0.2) is 101 Å². The first-order valence-electron chi connectivity index (χ1n) is 16.3. The van der Waals surface area contributed by atoms with E-state index in [4.69, 9.17) is 9.90 Å². The Balaban J connectivity index is 0.000000201. The maximum Gasteiger partial charge on any atom is 0.430 e. The number of hydrogen-bond acceptors (Lipinski definition) is 12. The number of halogens is 3. The number of nitrogens with one attached hydrogen (secondary N) is 4. The summed E-state index contributed by atoms with van der Waals surface area (Å²) in [5, 5.41) is 19.3. The van der Waals surface area contributed by atoms with E-state index in [0.29, 0.717) is 42.1 Å². The first-order valence-corrected chi connectivity index (χ1v) is 16.3. The average molecular weight is 746 g/mol. The number of carboxylic acids is 1. The van der Waals surface area contributed by atoms with E-state index in [9.17, 15) is 51.5 Å². The van der Waals surface area contributed by atoms with Crippen LogP contribution in [0.25, 0.3) is 0 Å². The molecule has 282 valence electrons. The van der Waals surface area contributed by atoms with Gasteiger partial charge in [-0.3, -0.25) is 58.8 Å². The molecule has 0 aromatic heterocycles. The molecule has 0 radical (unpaired) electrons.